The molecule has 5 nitrogen and oxygen atoms in total. The van der Waals surface area contributed by atoms with Crippen LogP contribution in [0.15, 0.2) is 30.3 Å². The third-order valence-corrected chi connectivity index (χ3v) is 3.93. The van der Waals surface area contributed by atoms with Crippen LogP contribution >= 0.6 is 0 Å². The number of fused-ring (bicyclic) bond motifs is 1. The van der Waals surface area contributed by atoms with Crippen molar-refractivity contribution in [1.82, 2.24) is 10.3 Å². The first-order valence-corrected chi connectivity index (χ1v) is 8.72. The molecule has 0 saturated carbocycles. The Bertz CT molecular complexity index is 754. The van der Waals surface area contributed by atoms with Gasteiger partial charge in [-0.1, -0.05) is 45.9 Å². The normalized spacial score (nSPS) is 11.1. The van der Waals surface area contributed by atoms with Crippen molar-refractivity contribution in [1.29, 1.82) is 0 Å². The predicted molar refractivity (Wildman–Crippen MR) is 98.6 cm³/mol. The fourth-order valence-corrected chi connectivity index (χ4v) is 2.42. The molecular formula is C20H26N2O3. The number of benzene rings is 1. The largest absolute Gasteiger partial charge is 0.452 e. The highest BCUT2D eigenvalue weighted by atomic mass is 16.5. The van der Waals surface area contributed by atoms with Crippen molar-refractivity contribution in [2.75, 3.05) is 13.2 Å². The summed E-state index contributed by atoms with van der Waals surface area (Å²) in [6.07, 6.45) is 0.895. The Hall–Kier alpha value is -2.43. The van der Waals surface area contributed by atoms with Gasteiger partial charge >= 0.3 is 5.97 Å². The number of rotatable bonds is 7. The predicted octanol–water partition coefficient (Wildman–Crippen LogP) is 3.68. The molecule has 2 aromatic rings. The molecule has 0 aliphatic heterocycles. The van der Waals surface area contributed by atoms with E-state index in [4.69, 9.17) is 4.74 Å². The summed E-state index contributed by atoms with van der Waals surface area (Å²) in [6.45, 7) is 8.54. The van der Waals surface area contributed by atoms with Crippen LogP contribution in [0.25, 0.3) is 10.9 Å². The van der Waals surface area contributed by atoms with E-state index in [0.29, 0.717) is 18.0 Å². The summed E-state index contributed by atoms with van der Waals surface area (Å²) < 4.78 is 5.21. The van der Waals surface area contributed by atoms with Crippen molar-refractivity contribution in [3.05, 3.63) is 41.6 Å². The Labute approximate surface area is 148 Å². The maximum Gasteiger partial charge on any atom is 0.339 e. The minimum atomic E-state index is -0.500. The highest BCUT2D eigenvalue weighted by Crippen LogP contribution is 2.23. The van der Waals surface area contributed by atoms with Gasteiger partial charge in [-0.15, -0.1) is 0 Å². The Morgan fingerprint density at radius 3 is 2.56 bits per heavy atom. The van der Waals surface area contributed by atoms with Crippen molar-refractivity contribution < 1.29 is 14.3 Å². The van der Waals surface area contributed by atoms with Crippen LogP contribution in [0.3, 0.4) is 0 Å². The lowest BCUT2D eigenvalue weighted by Gasteiger charge is -2.12. The molecule has 0 fully saturated rings. The smallest absolute Gasteiger partial charge is 0.339 e. The van der Waals surface area contributed by atoms with Crippen LogP contribution in [-0.4, -0.2) is 30.0 Å². The summed E-state index contributed by atoms with van der Waals surface area (Å²) in [4.78, 5) is 28.9. The second-order valence-electron chi connectivity index (χ2n) is 6.88. The number of carbonyl (C=O) groups excluding carboxylic acids is 2. The summed E-state index contributed by atoms with van der Waals surface area (Å²) in [6, 6.07) is 9.21. The van der Waals surface area contributed by atoms with Gasteiger partial charge < -0.3 is 10.1 Å². The highest BCUT2D eigenvalue weighted by molar-refractivity contribution is 6.04. The van der Waals surface area contributed by atoms with Gasteiger partial charge in [0.25, 0.3) is 5.91 Å². The average Bonchev–Trinajstić information content (AvgIpc) is 2.58. The van der Waals surface area contributed by atoms with E-state index < -0.39 is 5.97 Å². The number of nitrogens with one attached hydrogen (secondary N) is 1. The number of pyridine rings is 1. The van der Waals surface area contributed by atoms with E-state index >= 15 is 0 Å². The number of esters is 1. The zero-order chi connectivity index (χ0) is 18.4. The quantitative estimate of drug-likeness (QED) is 0.780. The standard InChI is InChI=1S/C20H26N2O3/c1-13(2)9-10-21-19(23)12-25-20(24)16-11-18(14(3)4)22-17-8-6-5-7-15(16)17/h5-8,11,13-14H,9-10,12H2,1-4H3,(H,21,23). The van der Waals surface area contributed by atoms with Gasteiger partial charge in [0, 0.05) is 17.6 Å². The Balaban J connectivity index is 2.09. The molecule has 0 unspecified atom stereocenters. The van der Waals surface area contributed by atoms with Gasteiger partial charge in [0.2, 0.25) is 0 Å². The number of carbonyl (C=O) groups is 2. The second kappa shape index (κ2) is 8.60. The molecule has 134 valence electrons. The summed E-state index contributed by atoms with van der Waals surface area (Å²) in [5.41, 5.74) is 2.03. The van der Waals surface area contributed by atoms with Crippen molar-refractivity contribution in [2.24, 2.45) is 5.92 Å². The van der Waals surface area contributed by atoms with Gasteiger partial charge in [-0.05, 0) is 30.4 Å². The molecule has 0 aliphatic rings. The minimum absolute atomic E-state index is 0.190. The van der Waals surface area contributed by atoms with Crippen molar-refractivity contribution >= 4 is 22.8 Å². The topological polar surface area (TPSA) is 68.3 Å². The number of hydrogen-bond donors (Lipinski definition) is 1. The Kier molecular flexibility index (Phi) is 6.51. The monoisotopic (exact) mass is 342 g/mol. The van der Waals surface area contributed by atoms with Gasteiger partial charge in [0.1, 0.15) is 0 Å². The van der Waals surface area contributed by atoms with E-state index in [1.165, 1.54) is 0 Å². The van der Waals surface area contributed by atoms with Gasteiger partial charge in [0.05, 0.1) is 11.1 Å². The van der Waals surface area contributed by atoms with Gasteiger partial charge in [0.15, 0.2) is 6.61 Å². The van der Waals surface area contributed by atoms with Crippen LogP contribution in [0.4, 0.5) is 0 Å². The van der Waals surface area contributed by atoms with Crippen LogP contribution in [0.1, 0.15) is 56.1 Å². The molecule has 1 aromatic carbocycles. The average molecular weight is 342 g/mol. The molecule has 0 radical (unpaired) electrons. The summed E-state index contributed by atoms with van der Waals surface area (Å²) in [5, 5.41) is 3.49. The molecule has 2 rings (SSSR count). The first-order valence-electron chi connectivity index (χ1n) is 8.72. The summed E-state index contributed by atoms with van der Waals surface area (Å²) in [5.74, 6) is -0.0769. The third-order valence-electron chi connectivity index (χ3n) is 3.93. The molecule has 25 heavy (non-hydrogen) atoms. The fourth-order valence-electron chi connectivity index (χ4n) is 2.42. The lowest BCUT2D eigenvalue weighted by molar-refractivity contribution is -0.124. The lowest BCUT2D eigenvalue weighted by Crippen LogP contribution is -2.30. The maximum atomic E-state index is 12.5. The maximum absolute atomic E-state index is 12.5. The fraction of sp³-hybridized carbons (Fsp3) is 0.450. The van der Waals surface area contributed by atoms with E-state index in [2.05, 4.69) is 24.1 Å². The van der Waals surface area contributed by atoms with Crippen LogP contribution in [0.5, 0.6) is 0 Å². The van der Waals surface area contributed by atoms with Crippen LogP contribution in [0, 0.1) is 5.92 Å². The zero-order valence-electron chi connectivity index (χ0n) is 15.3. The number of hydrogen-bond acceptors (Lipinski definition) is 4. The number of amides is 1. The molecule has 1 N–H and O–H groups in total. The van der Waals surface area contributed by atoms with Crippen molar-refractivity contribution in [3.63, 3.8) is 0 Å². The molecule has 5 heteroatoms. The minimum Gasteiger partial charge on any atom is -0.452 e. The number of nitrogens with zero attached hydrogens (tertiary/aromatic N) is 1. The van der Waals surface area contributed by atoms with E-state index in [-0.39, 0.29) is 18.4 Å². The van der Waals surface area contributed by atoms with Gasteiger partial charge in [-0.3, -0.25) is 9.78 Å². The third kappa shape index (κ3) is 5.28. The first kappa shape index (κ1) is 18.9. The molecule has 0 spiro atoms. The van der Waals surface area contributed by atoms with Crippen molar-refractivity contribution in [3.8, 4) is 0 Å². The molecular weight excluding hydrogens is 316 g/mol. The van der Waals surface area contributed by atoms with Gasteiger partial charge in [-0.25, -0.2) is 4.79 Å². The van der Waals surface area contributed by atoms with Crippen molar-refractivity contribution in [2.45, 2.75) is 40.0 Å². The Morgan fingerprint density at radius 1 is 1.16 bits per heavy atom. The van der Waals surface area contributed by atoms with Crippen LogP contribution in [-0.2, 0) is 9.53 Å². The summed E-state index contributed by atoms with van der Waals surface area (Å²) in [7, 11) is 0. The molecule has 1 amide bonds. The number of aromatic nitrogens is 1. The molecule has 1 aromatic heterocycles. The Morgan fingerprint density at radius 2 is 1.88 bits per heavy atom. The zero-order valence-corrected chi connectivity index (χ0v) is 15.3. The number of para-hydroxylation sites is 1. The highest BCUT2D eigenvalue weighted by Gasteiger charge is 2.16. The molecule has 0 saturated heterocycles. The van der Waals surface area contributed by atoms with E-state index in [1.54, 1.807) is 6.07 Å². The van der Waals surface area contributed by atoms with Gasteiger partial charge in [-0.2, -0.15) is 0 Å². The van der Waals surface area contributed by atoms with E-state index in [9.17, 15) is 9.59 Å². The van der Waals surface area contributed by atoms with Crippen LogP contribution in [0.2, 0.25) is 0 Å². The van der Waals surface area contributed by atoms with Crippen LogP contribution < -0.4 is 5.32 Å². The summed E-state index contributed by atoms with van der Waals surface area (Å²) >= 11 is 0. The molecule has 0 aliphatic carbocycles. The second-order valence-corrected chi connectivity index (χ2v) is 6.88. The van der Waals surface area contributed by atoms with E-state index in [0.717, 1.165) is 23.0 Å². The SMILES string of the molecule is CC(C)CCNC(=O)COC(=O)c1cc(C(C)C)nc2ccccc12. The first-order chi connectivity index (χ1) is 11.9. The van der Waals surface area contributed by atoms with E-state index in [1.807, 2.05) is 38.1 Å². The number of ether oxygens (including phenoxy) is 1. The molecule has 0 bridgehead atoms. The lowest BCUT2D eigenvalue weighted by atomic mass is 10.0. The molecule has 0 atom stereocenters. The molecule has 1 heterocycles.